The van der Waals surface area contributed by atoms with E-state index >= 15 is 0 Å². The summed E-state index contributed by atoms with van der Waals surface area (Å²) >= 11 is 0. The summed E-state index contributed by atoms with van der Waals surface area (Å²) < 4.78 is 16.1. The highest BCUT2D eigenvalue weighted by atomic mass is 16.5. The van der Waals surface area contributed by atoms with Crippen LogP contribution in [-0.4, -0.2) is 32.8 Å². The lowest BCUT2D eigenvalue weighted by Crippen LogP contribution is -2.29. The highest BCUT2D eigenvalue weighted by molar-refractivity contribution is 5.75. The van der Waals surface area contributed by atoms with Crippen molar-refractivity contribution in [1.29, 1.82) is 0 Å². The molecule has 122 valence electrons. The summed E-state index contributed by atoms with van der Waals surface area (Å²) in [6.45, 7) is 1.20. The van der Waals surface area contributed by atoms with E-state index in [1.165, 1.54) is 0 Å². The molecule has 0 fully saturated rings. The molecule has 2 aromatic carbocycles. The summed E-state index contributed by atoms with van der Waals surface area (Å²) in [7, 11) is 1.61. The van der Waals surface area contributed by atoms with Gasteiger partial charge in [-0.25, -0.2) is 0 Å². The van der Waals surface area contributed by atoms with Crippen LogP contribution >= 0.6 is 0 Å². The first kappa shape index (κ1) is 16.7. The van der Waals surface area contributed by atoms with Gasteiger partial charge in [-0.15, -0.1) is 0 Å². The summed E-state index contributed by atoms with van der Waals surface area (Å²) in [5, 5.41) is 2.79. The summed E-state index contributed by atoms with van der Waals surface area (Å²) in [5.41, 5.74) is 0. The number of ether oxygens (including phenoxy) is 3. The maximum Gasteiger partial charge on any atom is 0.223 e. The fraction of sp³-hybridized carbons (Fsp3) is 0.278. The number of carbonyl (C=O) groups excluding carboxylic acids is 1. The molecule has 0 saturated heterocycles. The van der Waals surface area contributed by atoms with Crippen LogP contribution in [0.25, 0.3) is 0 Å². The van der Waals surface area contributed by atoms with E-state index in [0.29, 0.717) is 31.9 Å². The zero-order chi connectivity index (χ0) is 16.3. The monoisotopic (exact) mass is 315 g/mol. The third-order valence-corrected chi connectivity index (χ3v) is 3.08. The molecule has 0 radical (unpaired) electrons. The second-order valence-electron chi connectivity index (χ2n) is 4.79. The van der Waals surface area contributed by atoms with Crippen LogP contribution in [0.4, 0.5) is 0 Å². The van der Waals surface area contributed by atoms with Crippen molar-refractivity contribution in [2.45, 2.75) is 6.42 Å². The minimum Gasteiger partial charge on any atom is -0.497 e. The first-order chi connectivity index (χ1) is 11.3. The second-order valence-corrected chi connectivity index (χ2v) is 4.79. The van der Waals surface area contributed by atoms with Crippen LogP contribution in [0.15, 0.2) is 54.6 Å². The van der Waals surface area contributed by atoms with E-state index in [2.05, 4.69) is 5.32 Å². The molecule has 5 nitrogen and oxygen atoms in total. The number of rotatable bonds is 9. The molecule has 1 amide bonds. The van der Waals surface area contributed by atoms with E-state index in [1.54, 1.807) is 13.2 Å². The molecule has 1 N–H and O–H groups in total. The topological polar surface area (TPSA) is 56.8 Å². The molecule has 0 bridgehead atoms. The van der Waals surface area contributed by atoms with Gasteiger partial charge in [-0.1, -0.05) is 24.3 Å². The number of benzene rings is 2. The average Bonchev–Trinajstić information content (AvgIpc) is 2.60. The number of amides is 1. The van der Waals surface area contributed by atoms with E-state index in [9.17, 15) is 4.79 Å². The first-order valence-electron chi connectivity index (χ1n) is 7.49. The lowest BCUT2D eigenvalue weighted by atomic mass is 10.3. The van der Waals surface area contributed by atoms with Crippen molar-refractivity contribution in [3.8, 4) is 17.2 Å². The normalized spacial score (nSPS) is 9.96. The maximum atomic E-state index is 11.7. The molecular formula is C18H21NO4. The molecule has 0 saturated carbocycles. The number of para-hydroxylation sites is 1. The quantitative estimate of drug-likeness (QED) is 0.723. The Morgan fingerprint density at radius 3 is 2.39 bits per heavy atom. The molecule has 0 aromatic heterocycles. The van der Waals surface area contributed by atoms with Gasteiger partial charge in [0.25, 0.3) is 0 Å². The van der Waals surface area contributed by atoms with E-state index in [1.807, 2.05) is 48.5 Å². The fourth-order valence-corrected chi connectivity index (χ4v) is 1.92. The van der Waals surface area contributed by atoms with Gasteiger partial charge in [0, 0.05) is 6.07 Å². The lowest BCUT2D eigenvalue weighted by molar-refractivity contribution is -0.121. The van der Waals surface area contributed by atoms with E-state index in [-0.39, 0.29) is 5.91 Å². The van der Waals surface area contributed by atoms with Gasteiger partial charge < -0.3 is 19.5 Å². The maximum absolute atomic E-state index is 11.7. The van der Waals surface area contributed by atoms with Crippen molar-refractivity contribution in [3.63, 3.8) is 0 Å². The zero-order valence-electron chi connectivity index (χ0n) is 13.2. The molecule has 0 atom stereocenters. The Morgan fingerprint density at radius 2 is 1.61 bits per heavy atom. The van der Waals surface area contributed by atoms with Crippen LogP contribution in [0, 0.1) is 0 Å². The van der Waals surface area contributed by atoms with Crippen molar-refractivity contribution in [2.75, 3.05) is 26.9 Å². The Bertz CT molecular complexity index is 601. The van der Waals surface area contributed by atoms with Gasteiger partial charge in [-0.2, -0.15) is 0 Å². The Hall–Kier alpha value is -2.69. The van der Waals surface area contributed by atoms with Gasteiger partial charge in [-0.05, 0) is 24.3 Å². The van der Waals surface area contributed by atoms with Crippen LogP contribution in [0.1, 0.15) is 6.42 Å². The minimum absolute atomic E-state index is 0.0600. The van der Waals surface area contributed by atoms with Gasteiger partial charge >= 0.3 is 0 Å². The molecule has 2 rings (SSSR count). The van der Waals surface area contributed by atoms with Crippen LogP contribution in [0.5, 0.6) is 17.2 Å². The number of carbonyl (C=O) groups is 1. The van der Waals surface area contributed by atoms with Gasteiger partial charge in [0.05, 0.1) is 26.7 Å². The van der Waals surface area contributed by atoms with Gasteiger partial charge in [0.2, 0.25) is 5.91 Å². The standard InChI is InChI=1S/C18H21NO4/c1-21-16-8-5-9-17(14-16)23-13-11-19-18(20)10-12-22-15-6-3-2-4-7-15/h2-9,14H,10-13H2,1H3,(H,19,20). The molecule has 0 aliphatic heterocycles. The van der Waals surface area contributed by atoms with Crippen molar-refractivity contribution in [1.82, 2.24) is 5.32 Å². The predicted octanol–water partition coefficient (Wildman–Crippen LogP) is 2.66. The largest absolute Gasteiger partial charge is 0.497 e. The highest BCUT2D eigenvalue weighted by Gasteiger charge is 2.02. The van der Waals surface area contributed by atoms with Crippen molar-refractivity contribution in [2.24, 2.45) is 0 Å². The zero-order valence-corrected chi connectivity index (χ0v) is 13.2. The SMILES string of the molecule is COc1cccc(OCCNC(=O)CCOc2ccccc2)c1. The number of nitrogens with one attached hydrogen (secondary N) is 1. The van der Waals surface area contributed by atoms with Gasteiger partial charge in [-0.3, -0.25) is 4.79 Å². The first-order valence-corrected chi connectivity index (χ1v) is 7.49. The highest BCUT2D eigenvalue weighted by Crippen LogP contribution is 2.18. The van der Waals surface area contributed by atoms with E-state index < -0.39 is 0 Å². The summed E-state index contributed by atoms with van der Waals surface area (Å²) in [4.78, 5) is 11.7. The Morgan fingerprint density at radius 1 is 0.913 bits per heavy atom. The molecule has 0 heterocycles. The van der Waals surface area contributed by atoms with E-state index in [4.69, 9.17) is 14.2 Å². The molecule has 0 aliphatic carbocycles. The summed E-state index contributed by atoms with van der Waals surface area (Å²) in [6, 6.07) is 16.8. The smallest absolute Gasteiger partial charge is 0.223 e. The van der Waals surface area contributed by atoms with E-state index in [0.717, 1.165) is 11.5 Å². The van der Waals surface area contributed by atoms with Crippen LogP contribution in [0.2, 0.25) is 0 Å². The Kier molecular flexibility index (Phi) is 6.78. The van der Waals surface area contributed by atoms with Crippen molar-refractivity contribution in [3.05, 3.63) is 54.6 Å². The Labute approximate surface area is 136 Å². The van der Waals surface area contributed by atoms with Crippen LogP contribution in [-0.2, 0) is 4.79 Å². The molecule has 23 heavy (non-hydrogen) atoms. The third kappa shape index (κ3) is 6.30. The third-order valence-electron chi connectivity index (χ3n) is 3.08. The molecule has 0 unspecified atom stereocenters. The van der Waals surface area contributed by atoms with Crippen molar-refractivity contribution < 1.29 is 19.0 Å². The summed E-state index contributed by atoms with van der Waals surface area (Å²) in [5.74, 6) is 2.16. The molecule has 2 aromatic rings. The Balaban J connectivity index is 1.57. The predicted molar refractivity (Wildman–Crippen MR) is 88.1 cm³/mol. The fourth-order valence-electron chi connectivity index (χ4n) is 1.92. The average molecular weight is 315 g/mol. The van der Waals surface area contributed by atoms with Gasteiger partial charge in [0.1, 0.15) is 23.9 Å². The van der Waals surface area contributed by atoms with Gasteiger partial charge in [0.15, 0.2) is 0 Å². The number of methoxy groups -OCH3 is 1. The number of hydrogen-bond donors (Lipinski definition) is 1. The van der Waals surface area contributed by atoms with Crippen LogP contribution in [0.3, 0.4) is 0 Å². The van der Waals surface area contributed by atoms with Crippen LogP contribution < -0.4 is 19.5 Å². The molecule has 5 heteroatoms. The molecular weight excluding hydrogens is 294 g/mol. The molecule has 0 aliphatic rings. The summed E-state index contributed by atoms with van der Waals surface area (Å²) in [6.07, 6.45) is 0.314. The lowest BCUT2D eigenvalue weighted by Gasteiger charge is -2.09. The molecule has 0 spiro atoms. The van der Waals surface area contributed by atoms with Crippen molar-refractivity contribution >= 4 is 5.91 Å². The second kappa shape index (κ2) is 9.35. The number of hydrogen-bond acceptors (Lipinski definition) is 4. The minimum atomic E-state index is -0.0600.